The number of carbonyl (C=O) groups is 2. The molecule has 1 aliphatic rings. The normalized spacial score (nSPS) is 25.1. The molecule has 98 valence electrons. The van der Waals surface area contributed by atoms with Crippen LogP contribution in [0.1, 0.15) is 26.3 Å². The van der Waals surface area contributed by atoms with Gasteiger partial charge in [0.15, 0.2) is 0 Å². The van der Waals surface area contributed by atoms with Crippen LogP contribution in [0.25, 0.3) is 0 Å². The maximum Gasteiger partial charge on any atom is 0.308 e. The number of carboxylic acids is 1. The van der Waals surface area contributed by atoms with Gasteiger partial charge in [-0.05, 0) is 20.3 Å². The summed E-state index contributed by atoms with van der Waals surface area (Å²) in [4.78, 5) is 28.7. The third-order valence-electron chi connectivity index (χ3n) is 3.55. The molecule has 7 nitrogen and oxygen atoms in total. The molecule has 0 aliphatic carbocycles. The molecule has 1 saturated heterocycles. The Balaban J connectivity index is 2.09. The molecule has 0 aromatic carbocycles. The Kier molecular flexibility index (Phi) is 3.31. The number of rotatable bonds is 3. The summed E-state index contributed by atoms with van der Waals surface area (Å²) in [6.45, 7) is 3.99. The number of carbonyl (C=O) groups excluding carboxylic acids is 1. The maximum absolute atomic E-state index is 12.3. The fourth-order valence-electron chi connectivity index (χ4n) is 2.35. The first-order chi connectivity index (χ1) is 8.52. The predicted octanol–water partition coefficient (Wildman–Crippen LogP) is 0.161. The molecule has 1 N–H and O–H groups in total. The molecule has 1 fully saturated rings. The van der Waals surface area contributed by atoms with E-state index in [4.69, 9.17) is 5.11 Å². The standard InChI is InChI=1S/C11H16N4O3/c1-7-9(11(17)18)3-4-14(7)10(16)8(2)15-6-12-5-13-15/h5-9H,3-4H2,1-2H3,(H,17,18). The number of amides is 1. The second kappa shape index (κ2) is 4.75. The van der Waals surface area contributed by atoms with Crippen LogP contribution in [-0.2, 0) is 9.59 Å². The minimum absolute atomic E-state index is 0.114. The quantitative estimate of drug-likeness (QED) is 0.827. The summed E-state index contributed by atoms with van der Waals surface area (Å²) >= 11 is 0. The van der Waals surface area contributed by atoms with E-state index in [1.807, 2.05) is 0 Å². The van der Waals surface area contributed by atoms with E-state index >= 15 is 0 Å². The molecule has 0 spiro atoms. The Morgan fingerprint density at radius 3 is 2.72 bits per heavy atom. The first-order valence-corrected chi connectivity index (χ1v) is 5.89. The van der Waals surface area contributed by atoms with Gasteiger partial charge >= 0.3 is 5.97 Å². The second-order valence-corrected chi connectivity index (χ2v) is 4.56. The summed E-state index contributed by atoms with van der Waals surface area (Å²) in [5.41, 5.74) is 0. The first kappa shape index (κ1) is 12.5. The Morgan fingerprint density at radius 1 is 1.50 bits per heavy atom. The molecule has 3 unspecified atom stereocenters. The van der Waals surface area contributed by atoms with E-state index in [1.165, 1.54) is 17.3 Å². The minimum atomic E-state index is -0.841. The van der Waals surface area contributed by atoms with Gasteiger partial charge in [0.25, 0.3) is 0 Å². The molecule has 0 saturated carbocycles. The van der Waals surface area contributed by atoms with E-state index in [0.29, 0.717) is 13.0 Å². The van der Waals surface area contributed by atoms with Crippen LogP contribution in [0, 0.1) is 5.92 Å². The van der Waals surface area contributed by atoms with E-state index in [0.717, 1.165) is 0 Å². The van der Waals surface area contributed by atoms with Crippen molar-refractivity contribution in [1.29, 1.82) is 0 Å². The van der Waals surface area contributed by atoms with Crippen molar-refractivity contribution in [2.24, 2.45) is 5.92 Å². The van der Waals surface area contributed by atoms with E-state index in [2.05, 4.69) is 10.1 Å². The van der Waals surface area contributed by atoms with Crippen LogP contribution in [0.5, 0.6) is 0 Å². The van der Waals surface area contributed by atoms with Crippen molar-refractivity contribution in [3.8, 4) is 0 Å². The zero-order chi connectivity index (χ0) is 13.3. The van der Waals surface area contributed by atoms with Crippen molar-refractivity contribution >= 4 is 11.9 Å². The van der Waals surface area contributed by atoms with Crippen molar-refractivity contribution in [1.82, 2.24) is 19.7 Å². The van der Waals surface area contributed by atoms with Crippen molar-refractivity contribution in [2.75, 3.05) is 6.54 Å². The lowest BCUT2D eigenvalue weighted by molar-refractivity contribution is -0.143. The molecule has 7 heteroatoms. The van der Waals surface area contributed by atoms with Crippen LogP contribution in [0.15, 0.2) is 12.7 Å². The fraction of sp³-hybridized carbons (Fsp3) is 0.636. The topological polar surface area (TPSA) is 88.3 Å². The van der Waals surface area contributed by atoms with Crippen LogP contribution >= 0.6 is 0 Å². The summed E-state index contributed by atoms with van der Waals surface area (Å²) in [6.07, 6.45) is 3.36. The third kappa shape index (κ3) is 2.07. The fourth-order valence-corrected chi connectivity index (χ4v) is 2.35. The highest BCUT2D eigenvalue weighted by Gasteiger charge is 2.39. The van der Waals surface area contributed by atoms with Crippen LogP contribution in [0.2, 0.25) is 0 Å². The highest BCUT2D eigenvalue weighted by molar-refractivity contribution is 5.82. The number of hydrogen-bond acceptors (Lipinski definition) is 4. The highest BCUT2D eigenvalue weighted by Crippen LogP contribution is 2.26. The lowest BCUT2D eigenvalue weighted by atomic mass is 10.0. The molecule has 1 aromatic heterocycles. The van der Waals surface area contributed by atoms with E-state index in [9.17, 15) is 9.59 Å². The zero-order valence-electron chi connectivity index (χ0n) is 10.4. The third-order valence-corrected chi connectivity index (χ3v) is 3.55. The molecular formula is C11H16N4O3. The monoisotopic (exact) mass is 252 g/mol. The molecule has 2 heterocycles. The number of likely N-dealkylation sites (tertiary alicyclic amines) is 1. The van der Waals surface area contributed by atoms with Gasteiger partial charge in [0, 0.05) is 12.6 Å². The SMILES string of the molecule is CC1C(C(=O)O)CCN1C(=O)C(C)n1cncn1. The van der Waals surface area contributed by atoms with Gasteiger partial charge in [-0.2, -0.15) is 5.10 Å². The molecule has 1 aliphatic heterocycles. The zero-order valence-corrected chi connectivity index (χ0v) is 10.4. The molecule has 0 bridgehead atoms. The smallest absolute Gasteiger partial charge is 0.308 e. The van der Waals surface area contributed by atoms with Crippen LogP contribution < -0.4 is 0 Å². The van der Waals surface area contributed by atoms with E-state index in [-0.39, 0.29) is 11.9 Å². The average Bonchev–Trinajstić information content (AvgIpc) is 2.95. The second-order valence-electron chi connectivity index (χ2n) is 4.56. The molecule has 0 radical (unpaired) electrons. The predicted molar refractivity (Wildman–Crippen MR) is 61.7 cm³/mol. The molecular weight excluding hydrogens is 236 g/mol. The molecule has 2 rings (SSSR count). The Labute approximate surface area is 104 Å². The van der Waals surface area contributed by atoms with Crippen LogP contribution in [0.4, 0.5) is 0 Å². The van der Waals surface area contributed by atoms with E-state index < -0.39 is 17.9 Å². The van der Waals surface area contributed by atoms with Gasteiger partial charge in [0.1, 0.15) is 18.7 Å². The summed E-state index contributed by atoms with van der Waals surface area (Å²) in [6, 6.07) is -0.733. The van der Waals surface area contributed by atoms with Crippen molar-refractivity contribution in [3.05, 3.63) is 12.7 Å². The van der Waals surface area contributed by atoms with Gasteiger partial charge in [-0.25, -0.2) is 9.67 Å². The summed E-state index contributed by atoms with van der Waals surface area (Å²) < 4.78 is 1.48. The first-order valence-electron chi connectivity index (χ1n) is 5.89. The Bertz CT molecular complexity index is 445. The van der Waals surface area contributed by atoms with Crippen LogP contribution in [0.3, 0.4) is 0 Å². The van der Waals surface area contributed by atoms with Crippen molar-refractivity contribution in [2.45, 2.75) is 32.4 Å². The number of hydrogen-bond donors (Lipinski definition) is 1. The van der Waals surface area contributed by atoms with Gasteiger partial charge in [-0.3, -0.25) is 9.59 Å². The molecule has 18 heavy (non-hydrogen) atoms. The Hall–Kier alpha value is -1.92. The van der Waals surface area contributed by atoms with Gasteiger partial charge in [0.2, 0.25) is 5.91 Å². The lowest BCUT2D eigenvalue weighted by Gasteiger charge is -2.26. The van der Waals surface area contributed by atoms with E-state index in [1.54, 1.807) is 18.7 Å². The number of aliphatic carboxylic acids is 1. The van der Waals surface area contributed by atoms with Crippen molar-refractivity contribution in [3.63, 3.8) is 0 Å². The number of aromatic nitrogens is 3. The van der Waals surface area contributed by atoms with Gasteiger partial charge < -0.3 is 10.0 Å². The summed E-state index contributed by atoms with van der Waals surface area (Å²) in [7, 11) is 0. The maximum atomic E-state index is 12.3. The summed E-state index contributed by atoms with van der Waals surface area (Å²) in [5, 5.41) is 13.0. The average molecular weight is 252 g/mol. The Morgan fingerprint density at radius 2 is 2.22 bits per heavy atom. The molecule has 3 atom stereocenters. The minimum Gasteiger partial charge on any atom is -0.481 e. The van der Waals surface area contributed by atoms with Crippen molar-refractivity contribution < 1.29 is 14.7 Å². The van der Waals surface area contributed by atoms with Gasteiger partial charge in [-0.1, -0.05) is 0 Å². The summed E-state index contributed by atoms with van der Waals surface area (Å²) in [5.74, 6) is -1.43. The number of nitrogens with zero attached hydrogens (tertiary/aromatic N) is 4. The van der Waals surface area contributed by atoms with Gasteiger partial charge in [-0.15, -0.1) is 0 Å². The highest BCUT2D eigenvalue weighted by atomic mass is 16.4. The van der Waals surface area contributed by atoms with Crippen LogP contribution in [-0.4, -0.2) is 49.2 Å². The largest absolute Gasteiger partial charge is 0.481 e. The lowest BCUT2D eigenvalue weighted by Crippen LogP contribution is -2.41. The number of carboxylic acid groups (broad SMARTS) is 1. The molecule has 1 amide bonds. The van der Waals surface area contributed by atoms with Gasteiger partial charge in [0.05, 0.1) is 5.92 Å². The molecule has 1 aromatic rings.